The SMILES string of the molecule is CC(C)NC(=O)[C@@H]1C[C@H]2CN(S(C)(=O)=O)C[C@@H]1O2. The van der Waals surface area contributed by atoms with E-state index >= 15 is 0 Å². The summed E-state index contributed by atoms with van der Waals surface area (Å²) in [6.45, 7) is 4.46. The molecule has 0 spiro atoms. The predicted molar refractivity (Wildman–Crippen MR) is 66.5 cm³/mol. The summed E-state index contributed by atoms with van der Waals surface area (Å²) in [6, 6.07) is 0.0870. The highest BCUT2D eigenvalue weighted by molar-refractivity contribution is 7.88. The molecule has 6 nitrogen and oxygen atoms in total. The lowest BCUT2D eigenvalue weighted by Crippen LogP contribution is -2.47. The van der Waals surface area contributed by atoms with Crippen molar-refractivity contribution in [1.29, 1.82) is 0 Å². The maximum Gasteiger partial charge on any atom is 0.226 e. The third kappa shape index (κ3) is 2.84. The molecule has 3 atom stereocenters. The van der Waals surface area contributed by atoms with Crippen molar-refractivity contribution in [1.82, 2.24) is 9.62 Å². The van der Waals surface area contributed by atoms with Gasteiger partial charge in [-0.3, -0.25) is 4.79 Å². The van der Waals surface area contributed by atoms with Gasteiger partial charge in [0.25, 0.3) is 0 Å². The first-order valence-electron chi connectivity index (χ1n) is 6.18. The Morgan fingerprint density at radius 1 is 1.39 bits per heavy atom. The second-order valence-corrected chi connectivity index (χ2v) is 7.36. The normalized spacial score (nSPS) is 32.8. The van der Waals surface area contributed by atoms with E-state index in [9.17, 15) is 13.2 Å². The maximum absolute atomic E-state index is 12.0. The van der Waals surface area contributed by atoms with Crippen LogP contribution in [0.3, 0.4) is 0 Å². The van der Waals surface area contributed by atoms with Crippen molar-refractivity contribution in [3.8, 4) is 0 Å². The van der Waals surface area contributed by atoms with E-state index in [1.165, 1.54) is 10.6 Å². The number of fused-ring (bicyclic) bond motifs is 2. The molecule has 2 heterocycles. The molecule has 0 aromatic rings. The second-order valence-electron chi connectivity index (χ2n) is 5.38. The fraction of sp³-hybridized carbons (Fsp3) is 0.909. The Labute approximate surface area is 108 Å². The quantitative estimate of drug-likeness (QED) is 0.758. The second kappa shape index (κ2) is 4.79. The van der Waals surface area contributed by atoms with Crippen molar-refractivity contribution in [3.05, 3.63) is 0 Å². The van der Waals surface area contributed by atoms with Crippen molar-refractivity contribution < 1.29 is 17.9 Å². The summed E-state index contributed by atoms with van der Waals surface area (Å²) in [5.74, 6) is -0.267. The highest BCUT2D eigenvalue weighted by Gasteiger charge is 2.46. The lowest BCUT2D eigenvalue weighted by atomic mass is 9.99. The first-order chi connectivity index (χ1) is 8.27. The average molecular weight is 276 g/mol. The first-order valence-corrected chi connectivity index (χ1v) is 8.03. The van der Waals surface area contributed by atoms with Crippen LogP contribution >= 0.6 is 0 Å². The Bertz CT molecular complexity index is 434. The number of hydrogen-bond donors (Lipinski definition) is 1. The van der Waals surface area contributed by atoms with Gasteiger partial charge in [0.1, 0.15) is 0 Å². The molecule has 2 aliphatic rings. The standard InChI is InChI=1S/C11H20N2O4S/c1-7(2)12-11(14)9-4-8-5-13(18(3,15)16)6-10(9)17-8/h7-10H,4-6H2,1-3H3,(H,12,14)/t8-,9+,10-/m0/s1. The van der Waals surface area contributed by atoms with Crippen LogP contribution in [0.5, 0.6) is 0 Å². The number of rotatable bonds is 3. The van der Waals surface area contributed by atoms with E-state index in [4.69, 9.17) is 4.74 Å². The molecule has 0 unspecified atom stereocenters. The lowest BCUT2D eigenvalue weighted by molar-refractivity contribution is -0.127. The maximum atomic E-state index is 12.0. The van der Waals surface area contributed by atoms with Gasteiger partial charge in [0, 0.05) is 19.1 Å². The Morgan fingerprint density at radius 2 is 2.06 bits per heavy atom. The smallest absolute Gasteiger partial charge is 0.226 e. The van der Waals surface area contributed by atoms with Gasteiger partial charge in [0.15, 0.2) is 0 Å². The summed E-state index contributed by atoms with van der Waals surface area (Å²) in [4.78, 5) is 12.0. The van der Waals surface area contributed by atoms with Gasteiger partial charge < -0.3 is 10.1 Å². The molecule has 7 heteroatoms. The van der Waals surface area contributed by atoms with E-state index in [0.29, 0.717) is 13.0 Å². The van der Waals surface area contributed by atoms with Crippen LogP contribution in [0.1, 0.15) is 20.3 Å². The molecule has 2 fully saturated rings. The predicted octanol–water partition coefficient (Wildman–Crippen LogP) is -0.440. The third-order valence-corrected chi connectivity index (χ3v) is 4.60. The van der Waals surface area contributed by atoms with Gasteiger partial charge in [-0.2, -0.15) is 4.31 Å². The molecule has 2 bridgehead atoms. The summed E-state index contributed by atoms with van der Waals surface area (Å²) in [6.07, 6.45) is 1.34. The van der Waals surface area contributed by atoms with Crippen molar-refractivity contribution in [2.24, 2.45) is 5.92 Å². The van der Waals surface area contributed by atoms with Crippen LogP contribution in [0.25, 0.3) is 0 Å². The number of sulfonamides is 1. The van der Waals surface area contributed by atoms with E-state index in [0.717, 1.165) is 0 Å². The van der Waals surface area contributed by atoms with Crippen LogP contribution < -0.4 is 5.32 Å². The van der Waals surface area contributed by atoms with Gasteiger partial charge in [-0.25, -0.2) is 8.42 Å². The molecule has 0 radical (unpaired) electrons. The minimum atomic E-state index is -3.20. The van der Waals surface area contributed by atoms with E-state index in [1.807, 2.05) is 13.8 Å². The number of nitrogens with one attached hydrogen (secondary N) is 1. The molecule has 2 aliphatic heterocycles. The van der Waals surface area contributed by atoms with E-state index < -0.39 is 10.0 Å². The van der Waals surface area contributed by atoms with E-state index in [-0.39, 0.29) is 36.6 Å². The van der Waals surface area contributed by atoms with Crippen LogP contribution in [0.15, 0.2) is 0 Å². The molecular weight excluding hydrogens is 256 g/mol. The molecule has 104 valence electrons. The fourth-order valence-corrected chi connectivity index (χ4v) is 3.42. The number of carbonyl (C=O) groups is 1. The minimum absolute atomic E-state index is 0.0344. The molecule has 2 rings (SSSR count). The zero-order valence-electron chi connectivity index (χ0n) is 10.9. The number of amides is 1. The zero-order valence-corrected chi connectivity index (χ0v) is 11.7. The highest BCUT2D eigenvalue weighted by Crippen LogP contribution is 2.32. The molecule has 0 saturated carbocycles. The monoisotopic (exact) mass is 276 g/mol. The minimum Gasteiger partial charge on any atom is -0.371 e. The van der Waals surface area contributed by atoms with Gasteiger partial charge in [-0.1, -0.05) is 0 Å². The van der Waals surface area contributed by atoms with Gasteiger partial charge in [0.2, 0.25) is 15.9 Å². The summed E-state index contributed by atoms with van der Waals surface area (Å²) >= 11 is 0. The molecule has 2 saturated heterocycles. The average Bonchev–Trinajstić information content (AvgIpc) is 2.51. The molecule has 0 aromatic carbocycles. The van der Waals surface area contributed by atoms with Gasteiger partial charge >= 0.3 is 0 Å². The summed E-state index contributed by atoms with van der Waals surface area (Å²) in [7, 11) is -3.20. The Balaban J connectivity index is 2.05. The number of nitrogens with zero attached hydrogens (tertiary/aromatic N) is 1. The molecule has 0 aromatic heterocycles. The number of morpholine rings is 1. The van der Waals surface area contributed by atoms with Gasteiger partial charge in [0.05, 0.1) is 24.4 Å². The zero-order chi connectivity index (χ0) is 13.5. The highest BCUT2D eigenvalue weighted by atomic mass is 32.2. The Morgan fingerprint density at radius 3 is 2.61 bits per heavy atom. The van der Waals surface area contributed by atoms with Crippen molar-refractivity contribution in [2.75, 3.05) is 19.3 Å². The summed E-state index contributed by atoms with van der Waals surface area (Å²) in [5.41, 5.74) is 0. The topological polar surface area (TPSA) is 75.7 Å². The van der Waals surface area contributed by atoms with Crippen molar-refractivity contribution in [2.45, 2.75) is 38.5 Å². The molecule has 1 amide bonds. The molecule has 0 aliphatic carbocycles. The number of hydrogen-bond acceptors (Lipinski definition) is 4. The van der Waals surface area contributed by atoms with Gasteiger partial charge in [-0.15, -0.1) is 0 Å². The largest absolute Gasteiger partial charge is 0.371 e. The third-order valence-electron chi connectivity index (χ3n) is 3.36. The van der Waals surface area contributed by atoms with Crippen LogP contribution in [0.4, 0.5) is 0 Å². The molecule has 1 N–H and O–H groups in total. The van der Waals surface area contributed by atoms with E-state index in [2.05, 4.69) is 5.32 Å². The Kier molecular flexibility index (Phi) is 3.66. The number of ether oxygens (including phenoxy) is 1. The van der Waals surface area contributed by atoms with Crippen molar-refractivity contribution >= 4 is 15.9 Å². The van der Waals surface area contributed by atoms with Crippen LogP contribution in [-0.4, -0.2) is 56.2 Å². The van der Waals surface area contributed by atoms with Gasteiger partial charge in [-0.05, 0) is 20.3 Å². The van der Waals surface area contributed by atoms with Crippen LogP contribution in [-0.2, 0) is 19.6 Å². The van der Waals surface area contributed by atoms with Crippen molar-refractivity contribution in [3.63, 3.8) is 0 Å². The lowest BCUT2D eigenvalue weighted by Gasteiger charge is -2.30. The van der Waals surface area contributed by atoms with E-state index in [1.54, 1.807) is 0 Å². The first kappa shape index (κ1) is 13.8. The van der Waals surface area contributed by atoms with Crippen LogP contribution in [0, 0.1) is 5.92 Å². The van der Waals surface area contributed by atoms with Crippen LogP contribution in [0.2, 0.25) is 0 Å². The molecule has 18 heavy (non-hydrogen) atoms. The fourth-order valence-electron chi connectivity index (χ4n) is 2.56. The number of carbonyl (C=O) groups excluding carboxylic acids is 1. The Hall–Kier alpha value is -0.660. The molecular formula is C11H20N2O4S. The summed E-state index contributed by atoms with van der Waals surface area (Å²) < 4.78 is 30.1. The summed E-state index contributed by atoms with van der Waals surface area (Å²) in [5, 5.41) is 2.86.